The molecule has 180 valence electrons. The highest BCUT2D eigenvalue weighted by atomic mass is 16.5. The van der Waals surface area contributed by atoms with Crippen molar-refractivity contribution in [3.8, 4) is 0 Å². The van der Waals surface area contributed by atoms with Gasteiger partial charge >= 0.3 is 11.7 Å². The van der Waals surface area contributed by atoms with Crippen molar-refractivity contribution in [3.63, 3.8) is 0 Å². The van der Waals surface area contributed by atoms with E-state index in [-0.39, 0.29) is 37.5 Å². The summed E-state index contributed by atoms with van der Waals surface area (Å²) in [6.07, 6.45) is 3.73. The second-order valence-corrected chi connectivity index (χ2v) is 7.90. The SMILES string of the molecule is CCCCCN(C(=O)CCC(=O)OCc1ccccc1)c1c(N)n(CCCC)c(=O)[nH]c1=O. The fourth-order valence-electron chi connectivity index (χ4n) is 3.41. The second-order valence-electron chi connectivity index (χ2n) is 7.90. The van der Waals surface area contributed by atoms with E-state index < -0.39 is 23.1 Å². The molecular formula is C24H34N4O5. The third-order valence-corrected chi connectivity index (χ3v) is 5.29. The average molecular weight is 459 g/mol. The molecule has 1 aromatic heterocycles. The fourth-order valence-corrected chi connectivity index (χ4v) is 3.41. The number of carbonyl (C=O) groups is 2. The van der Waals surface area contributed by atoms with Crippen LogP contribution in [0.1, 0.15) is 64.4 Å². The molecule has 0 atom stereocenters. The van der Waals surface area contributed by atoms with Crippen molar-refractivity contribution in [2.75, 3.05) is 17.2 Å². The fraction of sp³-hybridized carbons (Fsp3) is 0.500. The summed E-state index contributed by atoms with van der Waals surface area (Å²) in [7, 11) is 0. The Balaban J connectivity index is 2.16. The van der Waals surface area contributed by atoms with E-state index >= 15 is 0 Å². The van der Waals surface area contributed by atoms with E-state index in [2.05, 4.69) is 4.98 Å². The Morgan fingerprint density at radius 3 is 2.39 bits per heavy atom. The molecule has 0 spiro atoms. The minimum absolute atomic E-state index is 0.0336. The van der Waals surface area contributed by atoms with Crippen LogP contribution in [0.3, 0.4) is 0 Å². The molecule has 33 heavy (non-hydrogen) atoms. The molecule has 1 amide bonds. The topological polar surface area (TPSA) is 127 Å². The van der Waals surface area contributed by atoms with Crippen molar-refractivity contribution in [2.45, 2.75) is 71.9 Å². The van der Waals surface area contributed by atoms with Crippen molar-refractivity contribution in [1.29, 1.82) is 0 Å². The predicted octanol–water partition coefficient (Wildman–Crippen LogP) is 2.97. The monoisotopic (exact) mass is 458 g/mol. The van der Waals surface area contributed by atoms with Gasteiger partial charge in [-0.25, -0.2) is 4.79 Å². The number of rotatable bonds is 13. The van der Waals surface area contributed by atoms with Gasteiger partial charge in [-0.1, -0.05) is 63.4 Å². The molecule has 0 saturated carbocycles. The third kappa shape index (κ3) is 7.62. The predicted molar refractivity (Wildman–Crippen MR) is 128 cm³/mol. The molecule has 0 radical (unpaired) electrons. The summed E-state index contributed by atoms with van der Waals surface area (Å²) in [6.45, 7) is 4.74. The summed E-state index contributed by atoms with van der Waals surface area (Å²) in [4.78, 5) is 53.7. The van der Waals surface area contributed by atoms with Crippen LogP contribution in [0.25, 0.3) is 0 Å². The maximum Gasteiger partial charge on any atom is 0.330 e. The van der Waals surface area contributed by atoms with Gasteiger partial charge in [-0.15, -0.1) is 0 Å². The van der Waals surface area contributed by atoms with Gasteiger partial charge in [-0.2, -0.15) is 0 Å². The van der Waals surface area contributed by atoms with Crippen LogP contribution >= 0.6 is 0 Å². The van der Waals surface area contributed by atoms with Crippen molar-refractivity contribution in [1.82, 2.24) is 9.55 Å². The minimum Gasteiger partial charge on any atom is -0.461 e. The number of esters is 1. The number of nitrogens with one attached hydrogen (secondary N) is 1. The van der Waals surface area contributed by atoms with Crippen molar-refractivity contribution >= 4 is 23.4 Å². The summed E-state index contributed by atoms with van der Waals surface area (Å²) < 4.78 is 6.53. The van der Waals surface area contributed by atoms with Crippen molar-refractivity contribution in [2.24, 2.45) is 0 Å². The molecule has 9 heteroatoms. The highest BCUT2D eigenvalue weighted by Crippen LogP contribution is 2.20. The van der Waals surface area contributed by atoms with Crippen LogP contribution < -0.4 is 21.9 Å². The molecule has 0 aliphatic heterocycles. The zero-order valence-corrected chi connectivity index (χ0v) is 19.5. The Kier molecular flexibility index (Phi) is 10.4. The normalized spacial score (nSPS) is 10.7. The molecule has 0 bridgehead atoms. The number of hydrogen-bond donors (Lipinski definition) is 2. The largest absolute Gasteiger partial charge is 0.461 e. The zero-order chi connectivity index (χ0) is 24.2. The van der Waals surface area contributed by atoms with Crippen LogP contribution in [-0.2, 0) is 27.5 Å². The summed E-state index contributed by atoms with van der Waals surface area (Å²) in [5.74, 6) is -0.954. The molecule has 0 aliphatic carbocycles. The Labute approximate surface area is 193 Å². The Morgan fingerprint density at radius 1 is 1.03 bits per heavy atom. The van der Waals surface area contributed by atoms with Gasteiger partial charge in [0.25, 0.3) is 5.56 Å². The first-order valence-electron chi connectivity index (χ1n) is 11.5. The van der Waals surface area contributed by atoms with Gasteiger partial charge in [-0.05, 0) is 18.4 Å². The van der Waals surface area contributed by atoms with Crippen molar-refractivity contribution in [3.05, 3.63) is 56.7 Å². The maximum absolute atomic E-state index is 13.1. The summed E-state index contributed by atoms with van der Waals surface area (Å²) in [5.41, 5.74) is 5.71. The highest BCUT2D eigenvalue weighted by molar-refractivity contribution is 5.96. The number of amides is 1. The lowest BCUT2D eigenvalue weighted by molar-refractivity contribution is -0.146. The number of ether oxygens (including phenoxy) is 1. The van der Waals surface area contributed by atoms with Gasteiger partial charge in [-0.3, -0.25) is 23.9 Å². The number of carbonyl (C=O) groups excluding carboxylic acids is 2. The Bertz CT molecular complexity index is 1030. The van der Waals surface area contributed by atoms with Gasteiger partial charge < -0.3 is 15.4 Å². The van der Waals surface area contributed by atoms with E-state index in [1.165, 1.54) is 9.47 Å². The molecule has 1 aromatic carbocycles. The summed E-state index contributed by atoms with van der Waals surface area (Å²) in [5, 5.41) is 0. The molecule has 0 unspecified atom stereocenters. The van der Waals surface area contributed by atoms with Crippen LogP contribution in [0.2, 0.25) is 0 Å². The number of anilines is 2. The van der Waals surface area contributed by atoms with E-state index in [4.69, 9.17) is 10.5 Å². The molecule has 2 aromatic rings. The number of unbranched alkanes of at least 4 members (excludes halogenated alkanes) is 3. The first kappa shape index (κ1) is 25.9. The molecule has 9 nitrogen and oxygen atoms in total. The average Bonchev–Trinajstić information content (AvgIpc) is 2.80. The van der Waals surface area contributed by atoms with Crippen LogP contribution in [0.15, 0.2) is 39.9 Å². The lowest BCUT2D eigenvalue weighted by Crippen LogP contribution is -2.41. The molecule has 1 heterocycles. The van der Waals surface area contributed by atoms with Crippen LogP contribution in [0, 0.1) is 0 Å². The van der Waals surface area contributed by atoms with E-state index in [0.717, 1.165) is 24.8 Å². The van der Waals surface area contributed by atoms with Crippen LogP contribution in [0.4, 0.5) is 11.5 Å². The third-order valence-electron chi connectivity index (χ3n) is 5.29. The molecular weight excluding hydrogens is 424 g/mol. The van der Waals surface area contributed by atoms with E-state index in [9.17, 15) is 19.2 Å². The molecule has 0 fully saturated rings. The highest BCUT2D eigenvalue weighted by Gasteiger charge is 2.24. The Hall–Kier alpha value is -3.36. The van der Waals surface area contributed by atoms with Gasteiger partial charge in [0.1, 0.15) is 12.4 Å². The number of hydrogen-bond acceptors (Lipinski definition) is 6. The summed E-state index contributed by atoms with van der Waals surface area (Å²) in [6, 6.07) is 9.26. The zero-order valence-electron chi connectivity index (χ0n) is 19.5. The standard InChI is InChI=1S/C24H34N4O5/c1-3-5-10-16-27(21-22(25)28(15-6-4-2)24(32)26-23(21)31)19(29)13-14-20(30)33-17-18-11-8-7-9-12-18/h7-9,11-12H,3-6,10,13-17,25H2,1-2H3,(H,26,31,32). The van der Waals surface area contributed by atoms with Crippen LogP contribution in [-0.4, -0.2) is 28.0 Å². The number of benzene rings is 1. The van der Waals surface area contributed by atoms with Crippen molar-refractivity contribution < 1.29 is 14.3 Å². The smallest absolute Gasteiger partial charge is 0.330 e. The van der Waals surface area contributed by atoms with Gasteiger partial charge in [0.05, 0.1) is 6.42 Å². The molecule has 2 rings (SSSR count). The number of aromatic nitrogens is 2. The molecule has 0 saturated heterocycles. The maximum atomic E-state index is 13.1. The van der Waals surface area contributed by atoms with E-state index in [1.807, 2.05) is 44.2 Å². The van der Waals surface area contributed by atoms with Gasteiger partial charge in [0, 0.05) is 19.5 Å². The lowest BCUT2D eigenvalue weighted by Gasteiger charge is -2.24. The number of aromatic amines is 1. The van der Waals surface area contributed by atoms with Crippen LogP contribution in [0.5, 0.6) is 0 Å². The van der Waals surface area contributed by atoms with E-state index in [0.29, 0.717) is 19.4 Å². The first-order valence-corrected chi connectivity index (χ1v) is 11.5. The minimum atomic E-state index is -0.707. The van der Waals surface area contributed by atoms with Gasteiger partial charge in [0.2, 0.25) is 5.91 Å². The molecule has 3 N–H and O–H groups in total. The number of nitrogens with two attached hydrogens (primary N) is 1. The lowest BCUT2D eigenvalue weighted by atomic mass is 10.2. The molecule has 0 aliphatic rings. The Morgan fingerprint density at radius 2 is 1.73 bits per heavy atom. The van der Waals surface area contributed by atoms with E-state index in [1.54, 1.807) is 0 Å². The second kappa shape index (κ2) is 13.2. The number of H-pyrrole nitrogens is 1. The van der Waals surface area contributed by atoms with Gasteiger partial charge in [0.15, 0.2) is 5.69 Å². The summed E-state index contributed by atoms with van der Waals surface area (Å²) >= 11 is 0. The first-order chi connectivity index (χ1) is 15.9. The number of nitrogen functional groups attached to an aromatic ring is 1. The quantitative estimate of drug-likeness (QED) is 0.351. The number of nitrogens with zero attached hydrogens (tertiary/aromatic N) is 2.